The minimum absolute atomic E-state index is 0. The van der Waals surface area contributed by atoms with E-state index in [1.807, 2.05) is 0 Å². The van der Waals surface area contributed by atoms with Crippen LogP contribution in [0.4, 0.5) is 0 Å². The molecular weight excluding hydrogens is 312 g/mol. The van der Waals surface area contributed by atoms with Gasteiger partial charge >= 0.3 is 51.4 Å². The van der Waals surface area contributed by atoms with Gasteiger partial charge in [0.1, 0.15) is 0 Å². The van der Waals surface area contributed by atoms with Crippen LogP contribution in [-0.4, -0.2) is 37.2 Å². The summed E-state index contributed by atoms with van der Waals surface area (Å²) in [5.41, 5.74) is 0. The maximum absolute atomic E-state index is 2.75. The first kappa shape index (κ1) is 22.0. The Hall–Kier alpha value is 2.72. The molecule has 0 aliphatic carbocycles. The molecule has 0 rings (SSSR count). The summed E-state index contributed by atoms with van der Waals surface area (Å²) in [6.07, 6.45) is 0. The van der Waals surface area contributed by atoms with Gasteiger partial charge in [-0.15, -0.1) is 14.7 Å². The van der Waals surface area contributed by atoms with Gasteiger partial charge in [-0.2, -0.15) is 6.55 Å². The van der Waals surface area contributed by atoms with E-state index in [0.29, 0.717) is 0 Å². The molecule has 6 heteroatoms. The Labute approximate surface area is 158 Å². The maximum Gasteiger partial charge on any atom is 1.00 e. The van der Waals surface area contributed by atoms with Gasteiger partial charge in [0.2, 0.25) is 0 Å². The second-order valence-electron chi connectivity index (χ2n) is 8.38. The van der Waals surface area contributed by atoms with Crippen LogP contribution in [0.2, 0.25) is 72.0 Å². The molecule has 0 radical (unpaired) electrons. The van der Waals surface area contributed by atoms with Crippen molar-refractivity contribution in [1.29, 1.82) is 0 Å². The predicted octanol–water partition coefficient (Wildman–Crippen LogP) is 1.52. The minimum atomic E-state index is -0.948. The molecule has 0 atom stereocenters. The zero-order chi connectivity index (χ0) is 13.6. The molecule has 0 fully saturated rings. The second kappa shape index (κ2) is 6.66. The molecule has 0 nitrogen and oxygen atoms in total. The van der Waals surface area contributed by atoms with Crippen LogP contribution >= 0.6 is 0 Å². The average molecular weight is 345 g/mol. The van der Waals surface area contributed by atoms with Crippen molar-refractivity contribution >= 4 is 37.2 Å². The van der Waals surface area contributed by atoms with Crippen LogP contribution < -0.4 is 51.4 Å². The molecular formula is C11H33KSi5. The van der Waals surface area contributed by atoms with Gasteiger partial charge < -0.3 is 0 Å². The molecule has 0 aliphatic heterocycles. The summed E-state index contributed by atoms with van der Waals surface area (Å²) in [4.78, 5) is 0. The normalized spacial score (nSPS) is 14.8. The van der Waals surface area contributed by atoms with Gasteiger partial charge in [-0.3, -0.25) is 7.83 Å². The number of hydrogen-bond acceptors (Lipinski definition) is 0. The molecule has 0 heterocycles. The SMILES string of the molecule is C[Si-]([Si](C)(C)C)[Si](C)(C)[Si](C)(C)[Si](C)(C)C.[K+]. The van der Waals surface area contributed by atoms with Gasteiger partial charge in [-0.25, -0.2) is 0 Å². The van der Waals surface area contributed by atoms with E-state index in [4.69, 9.17) is 0 Å². The van der Waals surface area contributed by atoms with Gasteiger partial charge in [0, 0.05) is 14.7 Å². The molecule has 0 saturated carbocycles. The van der Waals surface area contributed by atoms with Crippen LogP contribution in [-0.2, 0) is 0 Å². The van der Waals surface area contributed by atoms with Crippen molar-refractivity contribution in [1.82, 2.24) is 0 Å². The maximum atomic E-state index is 2.75. The zero-order valence-corrected chi connectivity index (χ0v) is 22.6. The fourth-order valence-electron chi connectivity index (χ4n) is 2.34. The molecule has 0 unspecified atom stereocenters. The van der Waals surface area contributed by atoms with Crippen molar-refractivity contribution in [2.24, 2.45) is 0 Å². The Morgan fingerprint density at radius 3 is 1.12 bits per heavy atom. The van der Waals surface area contributed by atoms with Crippen LogP contribution in [0.15, 0.2) is 0 Å². The van der Waals surface area contributed by atoms with E-state index in [1.54, 1.807) is 0 Å². The van der Waals surface area contributed by atoms with Crippen LogP contribution in [0.25, 0.3) is 0 Å². The predicted molar refractivity (Wildman–Crippen MR) is 93.3 cm³/mol. The van der Waals surface area contributed by atoms with Gasteiger partial charge in [0.15, 0.2) is 0 Å². The van der Waals surface area contributed by atoms with Crippen molar-refractivity contribution in [2.75, 3.05) is 0 Å². The summed E-state index contributed by atoms with van der Waals surface area (Å²) < 4.78 is 0. The van der Waals surface area contributed by atoms with Crippen LogP contribution in [0.3, 0.4) is 0 Å². The Balaban J connectivity index is 0. The second-order valence-corrected chi connectivity index (χ2v) is 58.1. The van der Waals surface area contributed by atoms with Crippen molar-refractivity contribution in [3.05, 3.63) is 0 Å². The quantitative estimate of drug-likeness (QED) is 0.678. The first-order valence-corrected chi connectivity index (χ1v) is 25.5. The largest absolute Gasteiger partial charge is 1.00 e. The van der Waals surface area contributed by atoms with Gasteiger partial charge in [-0.05, 0) is 0 Å². The summed E-state index contributed by atoms with van der Waals surface area (Å²) >= 11 is 0. The van der Waals surface area contributed by atoms with Crippen molar-refractivity contribution < 1.29 is 51.4 Å². The molecule has 0 aromatic carbocycles. The monoisotopic (exact) mass is 344 g/mol. The van der Waals surface area contributed by atoms with E-state index in [-0.39, 0.29) is 59.2 Å². The Kier molecular flexibility index (Phi) is 8.62. The molecule has 0 amide bonds. The summed E-state index contributed by atoms with van der Waals surface area (Å²) in [5, 5.41) is 0. The molecule has 0 bridgehead atoms. The van der Waals surface area contributed by atoms with E-state index in [9.17, 15) is 0 Å². The summed E-state index contributed by atoms with van der Waals surface area (Å²) in [6.45, 7) is 29.4. The first-order chi connectivity index (χ1) is 6.65. The Bertz CT molecular complexity index is 250. The molecule has 0 aliphatic rings. The van der Waals surface area contributed by atoms with Gasteiger partial charge in [0.05, 0.1) is 0 Å². The topological polar surface area (TPSA) is 0 Å². The standard InChI is InChI=1S/C11H33Si5.K/c1-12(13(2,3)4)15(8,9)16(10,11)14(5,6)7;/h1-11H3;/q-1;+1. The van der Waals surface area contributed by atoms with Crippen molar-refractivity contribution in [3.63, 3.8) is 0 Å². The summed E-state index contributed by atoms with van der Waals surface area (Å²) in [6, 6.07) is 0. The number of hydrogen-bond donors (Lipinski definition) is 0. The van der Waals surface area contributed by atoms with E-state index >= 15 is 0 Å². The summed E-state index contributed by atoms with van der Waals surface area (Å²) in [7, 11) is -3.71. The number of rotatable bonds is 4. The van der Waals surface area contributed by atoms with Gasteiger partial charge in [-0.1, -0.05) is 65.5 Å². The molecule has 0 spiro atoms. The molecule has 98 valence electrons. The van der Waals surface area contributed by atoms with E-state index in [1.165, 1.54) is 0 Å². The fraction of sp³-hybridized carbons (Fsp3) is 1.00. The zero-order valence-electron chi connectivity index (χ0n) is 14.5. The molecule has 0 aromatic heterocycles. The fourth-order valence-corrected chi connectivity index (χ4v) is 100. The van der Waals surface area contributed by atoms with Gasteiger partial charge in [0.25, 0.3) is 0 Å². The molecule has 0 saturated heterocycles. The van der Waals surface area contributed by atoms with Crippen LogP contribution in [0, 0.1) is 0 Å². The molecule has 0 N–H and O–H groups in total. The first-order valence-electron chi connectivity index (χ1n) is 6.50. The van der Waals surface area contributed by atoms with Crippen molar-refractivity contribution in [2.45, 2.75) is 72.0 Å². The van der Waals surface area contributed by atoms with E-state index < -0.39 is 29.4 Å². The smallest absolute Gasteiger partial charge is 0.260 e. The third-order valence-corrected chi connectivity index (χ3v) is 87.8. The average Bonchev–Trinajstić information content (AvgIpc) is 1.98. The third-order valence-electron chi connectivity index (χ3n) is 5.50. The Morgan fingerprint density at radius 1 is 0.647 bits per heavy atom. The van der Waals surface area contributed by atoms with Crippen molar-refractivity contribution in [3.8, 4) is 0 Å². The van der Waals surface area contributed by atoms with Crippen LogP contribution in [0.5, 0.6) is 0 Å². The van der Waals surface area contributed by atoms with E-state index in [0.717, 1.165) is 0 Å². The minimum Gasteiger partial charge on any atom is -0.260 e. The molecule has 0 aromatic rings. The Morgan fingerprint density at radius 2 is 0.941 bits per heavy atom. The molecule has 17 heavy (non-hydrogen) atoms. The van der Waals surface area contributed by atoms with Crippen LogP contribution in [0.1, 0.15) is 0 Å². The third kappa shape index (κ3) is 4.89. The summed E-state index contributed by atoms with van der Waals surface area (Å²) in [5.74, 6) is 0. The van der Waals surface area contributed by atoms with E-state index in [2.05, 4.69) is 72.0 Å².